The van der Waals surface area contributed by atoms with Gasteiger partial charge in [-0.25, -0.2) is 0 Å². The van der Waals surface area contributed by atoms with E-state index in [-0.39, 0.29) is 115 Å². The molecule has 526 valence electrons. The predicted molar refractivity (Wildman–Crippen MR) is 317 cm³/mol. The molecule has 0 aromatic carbocycles. The van der Waals surface area contributed by atoms with Gasteiger partial charge in [0.25, 0.3) is 0 Å². The topological polar surface area (TPSA) is 472 Å². The van der Waals surface area contributed by atoms with Gasteiger partial charge in [-0.3, -0.25) is 38.5 Å². The molecule has 16 atom stereocenters. The first kappa shape index (κ1) is 79.0. The average molecular weight is 1310 g/mol. The predicted octanol–water partition coefficient (Wildman–Crippen LogP) is -6.74. The number of aliphatic hydroxyl groups excluding tert-OH is 9. The lowest BCUT2D eigenvalue weighted by atomic mass is 9.79. The molecule has 0 aromatic heterocycles. The summed E-state index contributed by atoms with van der Waals surface area (Å²) < 4.78 is 51.6. The second kappa shape index (κ2) is 41.4. The lowest BCUT2D eigenvalue weighted by Gasteiger charge is -2.42. The summed E-state index contributed by atoms with van der Waals surface area (Å²) in [7, 11) is 0. The van der Waals surface area contributed by atoms with Crippen LogP contribution in [-0.4, -0.2) is 314 Å². The van der Waals surface area contributed by atoms with Crippen LogP contribution in [0.15, 0.2) is 0 Å². The van der Waals surface area contributed by atoms with Crippen molar-refractivity contribution in [3.63, 3.8) is 0 Å². The Kier molecular flexibility index (Phi) is 35.9. The monoisotopic (exact) mass is 1310 g/mol. The van der Waals surface area contributed by atoms with Gasteiger partial charge in [-0.05, 0) is 72.1 Å². The number of ether oxygens (including phenoxy) is 9. The van der Waals surface area contributed by atoms with Crippen molar-refractivity contribution in [3.8, 4) is 0 Å². The van der Waals surface area contributed by atoms with Gasteiger partial charge in [0.2, 0.25) is 41.4 Å². The van der Waals surface area contributed by atoms with Crippen molar-refractivity contribution in [1.82, 2.24) is 42.1 Å². The number of carbonyl (C=O) groups is 7. The molecular formula is C58H104N8O25. The highest BCUT2D eigenvalue weighted by Gasteiger charge is 2.48. The van der Waals surface area contributed by atoms with E-state index in [0.29, 0.717) is 32.2 Å². The zero-order valence-electron chi connectivity index (χ0n) is 53.3. The molecule has 4 fully saturated rings. The van der Waals surface area contributed by atoms with Crippen LogP contribution in [0.3, 0.4) is 0 Å². The molecular weight excluding hydrogens is 1210 g/mol. The van der Waals surface area contributed by atoms with E-state index < -0.39 is 166 Å². The van der Waals surface area contributed by atoms with Crippen molar-refractivity contribution in [2.45, 2.75) is 196 Å². The van der Waals surface area contributed by atoms with E-state index in [1.807, 2.05) is 20.8 Å². The fraction of sp³-hybridized carbons (Fsp3) is 0.879. The SMILES string of the molecule is CC(=O)NC1C(OCCOCCNC(=O)CN(CC(=O)NCCOCCOC2OC(CO)C(O)C(O)C2NC(C)=O)C(CCCCNC(=O)C2CCC(OC(C)(C)C)CC2)C(=O)NCCOCCOC2OC(CO)C(O)C(O)C2NC(C)=O)CC(CO)C(O)C1O. The second-order valence-electron chi connectivity index (χ2n) is 24.1. The Morgan fingerprint density at radius 1 is 0.516 bits per heavy atom. The molecule has 2 aliphatic heterocycles. The molecule has 2 saturated heterocycles. The lowest BCUT2D eigenvalue weighted by molar-refractivity contribution is -0.272. The Morgan fingerprint density at radius 2 is 0.967 bits per heavy atom. The van der Waals surface area contributed by atoms with E-state index in [0.717, 1.165) is 12.8 Å². The van der Waals surface area contributed by atoms with Gasteiger partial charge >= 0.3 is 0 Å². The van der Waals surface area contributed by atoms with Crippen LogP contribution in [-0.2, 0) is 76.2 Å². The van der Waals surface area contributed by atoms with E-state index >= 15 is 0 Å². The Bertz CT molecular complexity index is 2110. The maximum Gasteiger partial charge on any atom is 0.237 e. The minimum absolute atomic E-state index is 0.0104. The van der Waals surface area contributed by atoms with Crippen molar-refractivity contribution in [2.75, 3.05) is 119 Å². The normalized spacial score (nSPS) is 29.8. The summed E-state index contributed by atoms with van der Waals surface area (Å²) in [4.78, 5) is 92.1. The maximum absolute atomic E-state index is 14.3. The number of unbranched alkanes of at least 4 members (excludes halogenated alkanes) is 1. The van der Waals surface area contributed by atoms with Crippen molar-refractivity contribution in [3.05, 3.63) is 0 Å². The van der Waals surface area contributed by atoms with Gasteiger partial charge in [0.15, 0.2) is 12.6 Å². The number of amides is 7. The Balaban J connectivity index is 1.40. The quantitative estimate of drug-likeness (QED) is 0.0254. The smallest absolute Gasteiger partial charge is 0.237 e. The molecule has 0 bridgehead atoms. The Labute approximate surface area is 530 Å². The van der Waals surface area contributed by atoms with E-state index in [9.17, 15) is 79.5 Å². The number of rotatable bonds is 40. The zero-order chi connectivity index (χ0) is 67.2. The van der Waals surface area contributed by atoms with Crippen molar-refractivity contribution >= 4 is 41.4 Å². The fourth-order valence-electron chi connectivity index (χ4n) is 11.2. The highest BCUT2D eigenvalue weighted by atomic mass is 16.7. The molecule has 0 spiro atoms. The second-order valence-corrected chi connectivity index (χ2v) is 24.1. The number of nitrogens with zero attached hydrogens (tertiary/aromatic N) is 1. The first-order valence-corrected chi connectivity index (χ1v) is 31.4. The van der Waals surface area contributed by atoms with E-state index in [4.69, 9.17) is 42.6 Å². The molecule has 33 nitrogen and oxygen atoms in total. The summed E-state index contributed by atoms with van der Waals surface area (Å²) in [6.45, 7) is 6.69. The fourth-order valence-corrected chi connectivity index (χ4v) is 11.2. The molecule has 4 aliphatic rings. The molecule has 16 unspecified atom stereocenters. The molecule has 4 rings (SSSR count). The van der Waals surface area contributed by atoms with Crippen LogP contribution >= 0.6 is 0 Å². The van der Waals surface area contributed by atoms with Gasteiger partial charge in [0.05, 0.1) is 122 Å². The third-order valence-corrected chi connectivity index (χ3v) is 15.7. The van der Waals surface area contributed by atoms with E-state index in [1.165, 1.54) is 25.7 Å². The third-order valence-electron chi connectivity index (χ3n) is 15.7. The molecule has 91 heavy (non-hydrogen) atoms. The van der Waals surface area contributed by atoms with Crippen LogP contribution < -0.4 is 37.2 Å². The van der Waals surface area contributed by atoms with Gasteiger partial charge < -0.3 is 126 Å². The summed E-state index contributed by atoms with van der Waals surface area (Å²) in [5.41, 5.74) is -0.301. The first-order chi connectivity index (χ1) is 43.3. The minimum atomic E-state index is -1.52. The number of hydrogen-bond donors (Lipinski definition) is 16. The average Bonchev–Trinajstić information content (AvgIpc) is 0.989. The summed E-state index contributed by atoms with van der Waals surface area (Å²) in [5.74, 6) is -4.22. The summed E-state index contributed by atoms with van der Waals surface area (Å²) in [6, 6.07) is -4.39. The summed E-state index contributed by atoms with van der Waals surface area (Å²) >= 11 is 0. The molecule has 33 heteroatoms. The van der Waals surface area contributed by atoms with E-state index in [1.54, 1.807) is 0 Å². The van der Waals surface area contributed by atoms with Crippen LogP contribution in [0.2, 0.25) is 0 Å². The van der Waals surface area contributed by atoms with Crippen molar-refractivity contribution in [1.29, 1.82) is 0 Å². The molecule has 0 aromatic rings. The lowest BCUT2D eigenvalue weighted by Crippen LogP contribution is -2.64. The van der Waals surface area contributed by atoms with Gasteiger partial charge in [-0.2, -0.15) is 0 Å². The summed E-state index contributed by atoms with van der Waals surface area (Å²) in [5, 5.41) is 111. The standard InChI is InChI=1S/C58H104N8O25/c1-33(70)63-45-40(27-37(30-67)48(75)51(45)78)86-24-21-83-18-15-59-43(73)28-66(29-44(74)60-16-19-84-22-25-87-56-46(64-34(2)71)52(79)49(76)41(31-68)89-56)39(9-7-8-14-61-54(81)36-10-12-38(13-11-36)91-58(4,5)6)55(82)62-17-20-85-23-26-88-57-47(65-35(3)72)53(80)50(77)42(32-69)90-57/h36-42,45-53,56-57,67-69,75-80H,7-32H2,1-6H3,(H,59,73)(H,60,74)(H,61,81)(H,62,82)(H,63,70)(H,64,71)(H,65,72). The Morgan fingerprint density at radius 3 is 1.42 bits per heavy atom. The van der Waals surface area contributed by atoms with Crippen molar-refractivity contribution < 1.29 is 122 Å². The molecule has 7 amide bonds. The van der Waals surface area contributed by atoms with Crippen LogP contribution in [0.4, 0.5) is 0 Å². The number of aliphatic hydroxyl groups is 9. The Hall–Kier alpha value is -4.47. The molecule has 0 radical (unpaired) electrons. The van der Waals surface area contributed by atoms with Gasteiger partial charge in [0, 0.05) is 65.4 Å². The highest BCUT2D eigenvalue weighted by Crippen LogP contribution is 2.31. The van der Waals surface area contributed by atoms with Crippen LogP contribution in [0, 0.1) is 11.8 Å². The molecule has 16 N–H and O–H groups in total. The molecule has 2 saturated carbocycles. The highest BCUT2D eigenvalue weighted by molar-refractivity contribution is 5.86. The van der Waals surface area contributed by atoms with Crippen LogP contribution in [0.1, 0.15) is 92.9 Å². The zero-order valence-corrected chi connectivity index (χ0v) is 53.3. The minimum Gasteiger partial charge on any atom is -0.396 e. The molecule has 2 aliphatic carbocycles. The molecule has 2 heterocycles. The summed E-state index contributed by atoms with van der Waals surface area (Å²) in [6.07, 6.45) is -10.4. The first-order valence-electron chi connectivity index (χ1n) is 31.4. The maximum atomic E-state index is 14.3. The van der Waals surface area contributed by atoms with Crippen LogP contribution in [0.25, 0.3) is 0 Å². The van der Waals surface area contributed by atoms with Gasteiger partial charge in [0.1, 0.15) is 54.8 Å². The number of nitrogens with one attached hydrogen (secondary N) is 7. The van der Waals surface area contributed by atoms with Gasteiger partial charge in [-0.15, -0.1) is 0 Å². The number of carbonyl (C=O) groups excluding carboxylic acids is 7. The third kappa shape index (κ3) is 27.8. The van der Waals surface area contributed by atoms with Crippen LogP contribution in [0.5, 0.6) is 0 Å². The van der Waals surface area contributed by atoms with Crippen molar-refractivity contribution in [2.24, 2.45) is 11.8 Å². The van der Waals surface area contributed by atoms with E-state index in [2.05, 4.69) is 37.2 Å². The van der Waals surface area contributed by atoms with Gasteiger partial charge in [-0.1, -0.05) is 0 Å². The largest absolute Gasteiger partial charge is 0.396 e. The number of hydrogen-bond acceptors (Lipinski definition) is 26.